The van der Waals surface area contributed by atoms with E-state index in [9.17, 15) is 0 Å². The van der Waals surface area contributed by atoms with Crippen molar-refractivity contribution in [3.8, 4) is 33.5 Å². The Balaban J connectivity index is 1.43. The van der Waals surface area contributed by atoms with Crippen LogP contribution in [0.1, 0.15) is 31.0 Å². The van der Waals surface area contributed by atoms with Gasteiger partial charge in [-0.05, 0) is 23.6 Å². The standard InChI is InChI=1S/C23H23N3O3S2/c1-14(2)15-5-7-16(8-6-15)22-24-18(12-30-22)13-31-23-26-25-21(29-23)17-9-19(27-3)11-20(10-17)28-4/h5-12,14H,13H2,1-4H3. The van der Waals surface area contributed by atoms with Crippen molar-refractivity contribution in [3.05, 3.63) is 59.1 Å². The number of ether oxygens (including phenoxy) is 2. The molecule has 0 amide bonds. The molecule has 31 heavy (non-hydrogen) atoms. The normalized spacial score (nSPS) is 11.1. The lowest BCUT2D eigenvalue weighted by Crippen LogP contribution is -1.88. The summed E-state index contributed by atoms with van der Waals surface area (Å²) in [5.74, 6) is 2.93. The van der Waals surface area contributed by atoms with E-state index in [1.54, 1.807) is 31.6 Å². The van der Waals surface area contributed by atoms with Gasteiger partial charge in [0.2, 0.25) is 5.89 Å². The fraction of sp³-hybridized carbons (Fsp3) is 0.261. The van der Waals surface area contributed by atoms with Crippen LogP contribution in [0.25, 0.3) is 22.0 Å². The molecule has 2 aromatic carbocycles. The predicted molar refractivity (Wildman–Crippen MR) is 124 cm³/mol. The first-order chi connectivity index (χ1) is 15.1. The molecule has 0 unspecified atom stereocenters. The van der Waals surface area contributed by atoms with E-state index < -0.39 is 0 Å². The van der Waals surface area contributed by atoms with Gasteiger partial charge in [0.15, 0.2) is 0 Å². The van der Waals surface area contributed by atoms with E-state index in [-0.39, 0.29) is 0 Å². The fourth-order valence-electron chi connectivity index (χ4n) is 2.97. The summed E-state index contributed by atoms with van der Waals surface area (Å²) < 4.78 is 16.4. The summed E-state index contributed by atoms with van der Waals surface area (Å²) in [7, 11) is 3.21. The van der Waals surface area contributed by atoms with Crippen LogP contribution < -0.4 is 9.47 Å². The van der Waals surface area contributed by atoms with Gasteiger partial charge < -0.3 is 13.9 Å². The highest BCUT2D eigenvalue weighted by Crippen LogP contribution is 2.32. The first kappa shape index (κ1) is 21.4. The van der Waals surface area contributed by atoms with Crippen LogP contribution in [0.15, 0.2) is 57.5 Å². The quantitative estimate of drug-likeness (QED) is 0.290. The Kier molecular flexibility index (Phi) is 6.58. The second-order valence-electron chi connectivity index (χ2n) is 7.18. The minimum atomic E-state index is 0.420. The molecular formula is C23H23N3O3S2. The highest BCUT2D eigenvalue weighted by atomic mass is 32.2. The van der Waals surface area contributed by atoms with Gasteiger partial charge in [-0.1, -0.05) is 49.9 Å². The molecule has 0 N–H and O–H groups in total. The van der Waals surface area contributed by atoms with E-state index in [4.69, 9.17) is 18.9 Å². The van der Waals surface area contributed by atoms with Crippen molar-refractivity contribution in [2.45, 2.75) is 30.7 Å². The molecule has 160 valence electrons. The molecule has 6 nitrogen and oxygen atoms in total. The lowest BCUT2D eigenvalue weighted by Gasteiger charge is -2.05. The molecule has 0 radical (unpaired) electrons. The zero-order valence-corrected chi connectivity index (χ0v) is 19.4. The second-order valence-corrected chi connectivity index (χ2v) is 8.97. The van der Waals surface area contributed by atoms with Crippen LogP contribution in [-0.2, 0) is 5.75 Å². The molecule has 0 fully saturated rings. The van der Waals surface area contributed by atoms with Gasteiger partial charge in [-0.15, -0.1) is 21.5 Å². The van der Waals surface area contributed by atoms with Crippen molar-refractivity contribution in [1.82, 2.24) is 15.2 Å². The maximum atomic E-state index is 5.82. The molecular weight excluding hydrogens is 430 g/mol. The average Bonchev–Trinajstić information content (AvgIpc) is 3.47. The third-order valence-corrected chi connectivity index (χ3v) is 6.52. The topological polar surface area (TPSA) is 70.3 Å². The molecule has 0 saturated carbocycles. The molecule has 4 rings (SSSR count). The molecule has 0 spiro atoms. The summed E-state index contributed by atoms with van der Waals surface area (Å²) in [4.78, 5) is 4.76. The zero-order valence-electron chi connectivity index (χ0n) is 17.8. The van der Waals surface area contributed by atoms with Crippen LogP contribution in [0.5, 0.6) is 11.5 Å². The van der Waals surface area contributed by atoms with Crippen molar-refractivity contribution < 1.29 is 13.9 Å². The van der Waals surface area contributed by atoms with E-state index in [1.165, 1.54) is 17.3 Å². The molecule has 2 heterocycles. The van der Waals surface area contributed by atoms with E-state index >= 15 is 0 Å². The maximum Gasteiger partial charge on any atom is 0.277 e. The minimum Gasteiger partial charge on any atom is -0.497 e. The van der Waals surface area contributed by atoms with Gasteiger partial charge in [-0.3, -0.25) is 0 Å². The smallest absolute Gasteiger partial charge is 0.277 e. The minimum absolute atomic E-state index is 0.420. The monoisotopic (exact) mass is 453 g/mol. The number of thioether (sulfide) groups is 1. The zero-order chi connectivity index (χ0) is 21.8. The van der Waals surface area contributed by atoms with Gasteiger partial charge in [0.05, 0.1) is 19.9 Å². The van der Waals surface area contributed by atoms with Crippen molar-refractivity contribution in [2.24, 2.45) is 0 Å². The van der Waals surface area contributed by atoms with Gasteiger partial charge in [-0.2, -0.15) is 0 Å². The molecule has 4 aromatic rings. The molecule has 0 bridgehead atoms. The number of hydrogen-bond donors (Lipinski definition) is 0. The van der Waals surface area contributed by atoms with Crippen LogP contribution in [0.2, 0.25) is 0 Å². The Morgan fingerprint density at radius 1 is 0.968 bits per heavy atom. The molecule has 0 aliphatic carbocycles. The Morgan fingerprint density at radius 3 is 2.32 bits per heavy atom. The first-order valence-corrected chi connectivity index (χ1v) is 11.7. The average molecular weight is 454 g/mol. The van der Waals surface area contributed by atoms with Crippen molar-refractivity contribution >= 4 is 23.1 Å². The number of benzene rings is 2. The fourth-order valence-corrected chi connectivity index (χ4v) is 4.55. The summed E-state index contributed by atoms with van der Waals surface area (Å²) in [5, 5.41) is 11.9. The summed E-state index contributed by atoms with van der Waals surface area (Å²) in [5.41, 5.74) is 4.20. The predicted octanol–water partition coefficient (Wildman–Crippen LogP) is 6.29. The van der Waals surface area contributed by atoms with Crippen molar-refractivity contribution in [1.29, 1.82) is 0 Å². The Hall–Kier alpha value is -2.84. The van der Waals surface area contributed by atoms with E-state index in [1.807, 2.05) is 12.1 Å². The number of aromatic nitrogens is 3. The molecule has 0 aliphatic heterocycles. The van der Waals surface area contributed by atoms with Crippen LogP contribution in [-0.4, -0.2) is 29.4 Å². The number of thiazole rings is 1. The van der Waals surface area contributed by atoms with Crippen LogP contribution in [0, 0.1) is 0 Å². The number of rotatable bonds is 8. The molecule has 0 aliphatic rings. The van der Waals surface area contributed by atoms with E-state index in [2.05, 4.69) is 53.7 Å². The summed E-state index contributed by atoms with van der Waals surface area (Å²) in [6.45, 7) is 4.39. The lowest BCUT2D eigenvalue weighted by molar-refractivity contribution is 0.394. The summed E-state index contributed by atoms with van der Waals surface area (Å²) in [6, 6.07) is 14.1. The Bertz CT molecular complexity index is 1130. The molecule has 2 aromatic heterocycles. The number of methoxy groups -OCH3 is 2. The highest BCUT2D eigenvalue weighted by Gasteiger charge is 2.13. The van der Waals surface area contributed by atoms with Crippen LogP contribution in [0.4, 0.5) is 0 Å². The summed E-state index contributed by atoms with van der Waals surface area (Å²) >= 11 is 3.11. The Morgan fingerprint density at radius 2 is 1.68 bits per heavy atom. The SMILES string of the molecule is COc1cc(OC)cc(-c2nnc(SCc3csc(-c4ccc(C(C)C)cc4)n3)o2)c1. The number of nitrogens with zero attached hydrogens (tertiary/aromatic N) is 3. The first-order valence-electron chi connectivity index (χ1n) is 9.80. The van der Waals surface area contributed by atoms with Gasteiger partial charge in [0, 0.05) is 28.3 Å². The van der Waals surface area contributed by atoms with Crippen molar-refractivity contribution in [2.75, 3.05) is 14.2 Å². The van der Waals surface area contributed by atoms with Gasteiger partial charge in [-0.25, -0.2) is 4.98 Å². The highest BCUT2D eigenvalue weighted by molar-refractivity contribution is 7.98. The van der Waals surface area contributed by atoms with Crippen molar-refractivity contribution in [3.63, 3.8) is 0 Å². The summed E-state index contributed by atoms with van der Waals surface area (Å²) in [6.07, 6.45) is 0. The van der Waals surface area contributed by atoms with E-state index in [0.29, 0.717) is 34.3 Å². The molecule has 0 saturated heterocycles. The van der Waals surface area contributed by atoms with Gasteiger partial charge in [0.25, 0.3) is 5.22 Å². The van der Waals surface area contributed by atoms with Crippen LogP contribution >= 0.6 is 23.1 Å². The van der Waals surface area contributed by atoms with Crippen LogP contribution in [0.3, 0.4) is 0 Å². The van der Waals surface area contributed by atoms with E-state index in [0.717, 1.165) is 21.8 Å². The largest absolute Gasteiger partial charge is 0.497 e. The third-order valence-electron chi connectivity index (χ3n) is 4.72. The maximum absolute atomic E-state index is 5.82. The van der Waals surface area contributed by atoms with Gasteiger partial charge in [0.1, 0.15) is 16.5 Å². The van der Waals surface area contributed by atoms with Gasteiger partial charge >= 0.3 is 0 Å². The lowest BCUT2D eigenvalue weighted by atomic mass is 10.0. The third kappa shape index (κ3) is 5.08. The molecule has 0 atom stereocenters. The molecule has 8 heteroatoms. The number of hydrogen-bond acceptors (Lipinski definition) is 8. The second kappa shape index (κ2) is 9.53. The Labute approximate surface area is 189 Å².